The molecule has 0 spiro atoms. The molecule has 3 rings (SSSR count). The van der Waals surface area contributed by atoms with Crippen LogP contribution in [0, 0.1) is 35.3 Å². The maximum atomic E-state index is 10.7. The number of hydrogen-bond acceptors (Lipinski definition) is 5. The van der Waals surface area contributed by atoms with Gasteiger partial charge in [-0.05, 0) is 43.2 Å². The first-order valence-electron chi connectivity index (χ1n) is 7.87. The van der Waals surface area contributed by atoms with Crippen molar-refractivity contribution in [1.29, 1.82) is 5.26 Å². The molecule has 5 nitrogen and oxygen atoms in total. The van der Waals surface area contributed by atoms with Crippen molar-refractivity contribution in [2.75, 3.05) is 0 Å². The normalized spacial score (nSPS) is 11.2. The summed E-state index contributed by atoms with van der Waals surface area (Å²) in [6, 6.07) is 14.4. The van der Waals surface area contributed by atoms with E-state index in [4.69, 9.17) is 0 Å². The smallest absolute Gasteiger partial charge is 0.258 e. The van der Waals surface area contributed by atoms with Crippen LogP contribution in [0.1, 0.15) is 21.7 Å². The van der Waals surface area contributed by atoms with Crippen LogP contribution in [0.25, 0.3) is 22.9 Å². The molecule has 1 aromatic heterocycles. The number of nitrogens with zero attached hydrogens (tertiary/aromatic N) is 3. The average molecular weight is 361 g/mol. The molecular formula is C20H15N3O2S. The Morgan fingerprint density at radius 1 is 1.23 bits per heavy atom. The van der Waals surface area contributed by atoms with E-state index in [0.717, 1.165) is 22.4 Å². The Hall–Kier alpha value is -3.30. The van der Waals surface area contributed by atoms with Crippen molar-refractivity contribution in [3.8, 4) is 17.3 Å². The number of hydrogen-bond donors (Lipinski definition) is 0. The van der Waals surface area contributed by atoms with Gasteiger partial charge in [0.1, 0.15) is 11.1 Å². The Labute approximate surface area is 155 Å². The summed E-state index contributed by atoms with van der Waals surface area (Å²) < 4.78 is 0. The van der Waals surface area contributed by atoms with Gasteiger partial charge in [-0.1, -0.05) is 23.8 Å². The van der Waals surface area contributed by atoms with E-state index in [1.54, 1.807) is 18.2 Å². The third kappa shape index (κ3) is 3.68. The molecule has 0 aliphatic carbocycles. The van der Waals surface area contributed by atoms with Gasteiger partial charge in [0.05, 0.1) is 16.2 Å². The Morgan fingerprint density at radius 2 is 1.96 bits per heavy atom. The lowest BCUT2D eigenvalue weighted by atomic mass is 10.0. The van der Waals surface area contributed by atoms with Crippen LogP contribution in [0.3, 0.4) is 0 Å². The Bertz CT molecular complexity index is 1040. The van der Waals surface area contributed by atoms with Crippen LogP contribution in [0.2, 0.25) is 0 Å². The van der Waals surface area contributed by atoms with Crippen LogP contribution in [0.4, 0.5) is 5.69 Å². The van der Waals surface area contributed by atoms with Gasteiger partial charge in [-0.3, -0.25) is 10.1 Å². The number of nitro groups is 1. The SMILES string of the molecule is Cc1ccc(-c2csc(C(C#N)=Cc3ccc([N+](=O)[O-])cc3)n2)c(C)c1. The number of nitro benzene ring substituents is 1. The number of allylic oxidation sites excluding steroid dienone is 1. The standard InChI is InChI=1S/C20H15N3O2S/c1-13-3-8-18(14(2)9-13)19-12-26-20(22-19)16(11-21)10-15-4-6-17(7-5-15)23(24)25/h3-10,12H,1-2H3. The number of rotatable bonds is 4. The fraction of sp³-hybridized carbons (Fsp3) is 0.100. The fourth-order valence-corrected chi connectivity index (χ4v) is 3.41. The largest absolute Gasteiger partial charge is 0.269 e. The van der Waals surface area contributed by atoms with Crippen LogP contribution >= 0.6 is 11.3 Å². The summed E-state index contributed by atoms with van der Waals surface area (Å²) in [6.07, 6.45) is 1.69. The fourth-order valence-electron chi connectivity index (χ4n) is 2.62. The summed E-state index contributed by atoms with van der Waals surface area (Å²) in [4.78, 5) is 14.9. The molecule has 3 aromatic rings. The summed E-state index contributed by atoms with van der Waals surface area (Å²) in [5, 5.41) is 22.8. The molecule has 6 heteroatoms. The maximum Gasteiger partial charge on any atom is 0.269 e. The van der Waals surface area contributed by atoms with E-state index in [1.807, 2.05) is 31.4 Å². The molecule has 0 unspecified atom stereocenters. The molecule has 0 atom stereocenters. The number of thiazole rings is 1. The van der Waals surface area contributed by atoms with Crippen molar-refractivity contribution in [3.05, 3.63) is 79.7 Å². The second kappa shape index (κ2) is 7.30. The molecule has 0 amide bonds. The minimum atomic E-state index is -0.449. The zero-order chi connectivity index (χ0) is 18.7. The molecule has 0 radical (unpaired) electrons. The maximum absolute atomic E-state index is 10.7. The molecule has 0 saturated heterocycles. The monoisotopic (exact) mass is 361 g/mol. The first kappa shape index (κ1) is 17.5. The van der Waals surface area contributed by atoms with Crippen LogP contribution in [-0.4, -0.2) is 9.91 Å². The van der Waals surface area contributed by atoms with E-state index in [1.165, 1.54) is 29.0 Å². The molecule has 0 N–H and O–H groups in total. The van der Waals surface area contributed by atoms with Gasteiger partial charge in [0.15, 0.2) is 0 Å². The molecule has 0 bridgehead atoms. The van der Waals surface area contributed by atoms with E-state index >= 15 is 0 Å². The van der Waals surface area contributed by atoms with Gasteiger partial charge >= 0.3 is 0 Å². The average Bonchev–Trinajstić information content (AvgIpc) is 3.09. The van der Waals surface area contributed by atoms with Crippen LogP contribution in [-0.2, 0) is 0 Å². The van der Waals surface area contributed by atoms with Crippen molar-refractivity contribution in [2.24, 2.45) is 0 Å². The highest BCUT2D eigenvalue weighted by Crippen LogP contribution is 2.29. The molecule has 26 heavy (non-hydrogen) atoms. The second-order valence-electron chi connectivity index (χ2n) is 5.87. The van der Waals surface area contributed by atoms with Gasteiger partial charge in [0, 0.05) is 23.1 Å². The lowest BCUT2D eigenvalue weighted by Gasteiger charge is -2.03. The predicted octanol–water partition coefficient (Wildman–Crippen LogP) is 5.40. The van der Waals surface area contributed by atoms with Crippen molar-refractivity contribution in [3.63, 3.8) is 0 Å². The second-order valence-corrected chi connectivity index (χ2v) is 6.73. The van der Waals surface area contributed by atoms with Crippen molar-refractivity contribution >= 4 is 28.7 Å². The first-order chi connectivity index (χ1) is 12.5. The Balaban J connectivity index is 1.93. The minimum Gasteiger partial charge on any atom is -0.258 e. The van der Waals surface area contributed by atoms with Gasteiger partial charge in [-0.25, -0.2) is 4.98 Å². The molecule has 0 aliphatic rings. The van der Waals surface area contributed by atoms with E-state index in [-0.39, 0.29) is 5.69 Å². The van der Waals surface area contributed by atoms with Gasteiger partial charge in [0.2, 0.25) is 0 Å². The minimum absolute atomic E-state index is 0.0204. The number of non-ortho nitro benzene ring substituents is 1. The van der Waals surface area contributed by atoms with E-state index in [9.17, 15) is 15.4 Å². The quantitative estimate of drug-likeness (QED) is 0.354. The summed E-state index contributed by atoms with van der Waals surface area (Å²) in [6.45, 7) is 4.09. The summed E-state index contributed by atoms with van der Waals surface area (Å²) >= 11 is 1.41. The first-order valence-corrected chi connectivity index (χ1v) is 8.75. The number of aryl methyl sites for hydroxylation is 2. The summed E-state index contributed by atoms with van der Waals surface area (Å²) in [5.74, 6) is 0. The van der Waals surface area contributed by atoms with Crippen LogP contribution < -0.4 is 0 Å². The highest BCUT2D eigenvalue weighted by molar-refractivity contribution is 7.11. The summed E-state index contributed by atoms with van der Waals surface area (Å²) in [7, 11) is 0. The van der Waals surface area contributed by atoms with Gasteiger partial charge in [-0.2, -0.15) is 5.26 Å². The molecule has 2 aromatic carbocycles. The van der Waals surface area contributed by atoms with E-state index < -0.39 is 4.92 Å². The molecule has 128 valence electrons. The highest BCUT2D eigenvalue weighted by atomic mass is 32.1. The number of benzene rings is 2. The third-order valence-corrected chi connectivity index (χ3v) is 4.80. The molecule has 1 heterocycles. The van der Waals surface area contributed by atoms with Crippen LogP contribution in [0.5, 0.6) is 0 Å². The topological polar surface area (TPSA) is 79.8 Å². The summed E-state index contributed by atoms with van der Waals surface area (Å²) in [5.41, 5.74) is 5.39. The highest BCUT2D eigenvalue weighted by Gasteiger charge is 2.11. The molecule has 0 saturated carbocycles. The number of aromatic nitrogens is 1. The van der Waals surface area contributed by atoms with Gasteiger partial charge in [0.25, 0.3) is 5.69 Å². The van der Waals surface area contributed by atoms with Crippen molar-refractivity contribution in [1.82, 2.24) is 4.98 Å². The molecular weight excluding hydrogens is 346 g/mol. The lowest BCUT2D eigenvalue weighted by Crippen LogP contribution is -1.88. The Morgan fingerprint density at radius 3 is 2.58 bits per heavy atom. The zero-order valence-corrected chi connectivity index (χ0v) is 15.1. The van der Waals surface area contributed by atoms with Crippen LogP contribution in [0.15, 0.2) is 47.8 Å². The molecule has 0 aliphatic heterocycles. The number of nitriles is 1. The van der Waals surface area contributed by atoms with Gasteiger partial charge < -0.3 is 0 Å². The third-order valence-electron chi connectivity index (χ3n) is 3.93. The predicted molar refractivity (Wildman–Crippen MR) is 104 cm³/mol. The van der Waals surface area contributed by atoms with E-state index in [0.29, 0.717) is 10.6 Å². The molecule has 0 fully saturated rings. The lowest BCUT2D eigenvalue weighted by molar-refractivity contribution is -0.384. The van der Waals surface area contributed by atoms with Crippen molar-refractivity contribution < 1.29 is 4.92 Å². The Kier molecular flexibility index (Phi) is 4.92. The van der Waals surface area contributed by atoms with E-state index in [2.05, 4.69) is 17.1 Å². The zero-order valence-electron chi connectivity index (χ0n) is 14.3. The van der Waals surface area contributed by atoms with Crippen molar-refractivity contribution in [2.45, 2.75) is 13.8 Å². The van der Waals surface area contributed by atoms with Gasteiger partial charge in [-0.15, -0.1) is 11.3 Å².